The highest BCUT2D eigenvalue weighted by Crippen LogP contribution is 2.33. The Labute approximate surface area is 120 Å². The zero-order chi connectivity index (χ0) is 13.1. The summed E-state index contributed by atoms with van der Waals surface area (Å²) in [6.45, 7) is 6.74. The first-order valence-corrected chi connectivity index (χ1v) is 8.20. The number of hydrogen-bond donors (Lipinski definition) is 0. The second-order valence-corrected chi connectivity index (χ2v) is 7.17. The SMILES string of the molecule is Cc1cc(C)c(CC2CCCCCC2Br)c(C)c1. The summed E-state index contributed by atoms with van der Waals surface area (Å²) < 4.78 is 0. The van der Waals surface area contributed by atoms with Crippen molar-refractivity contribution in [2.75, 3.05) is 0 Å². The Hall–Kier alpha value is -0.300. The third kappa shape index (κ3) is 3.38. The zero-order valence-corrected chi connectivity index (χ0v) is 13.5. The van der Waals surface area contributed by atoms with E-state index in [4.69, 9.17) is 0 Å². The van der Waals surface area contributed by atoms with E-state index in [1.54, 1.807) is 5.56 Å². The standard InChI is InChI=1S/C17H25Br/c1-12-9-13(2)16(14(3)10-12)11-15-7-5-4-6-8-17(15)18/h9-10,15,17H,4-8,11H2,1-3H3. The second kappa shape index (κ2) is 6.23. The number of halogens is 1. The molecule has 0 aliphatic heterocycles. The average molecular weight is 309 g/mol. The lowest BCUT2D eigenvalue weighted by Gasteiger charge is -2.22. The van der Waals surface area contributed by atoms with Gasteiger partial charge in [-0.05, 0) is 62.6 Å². The second-order valence-electron chi connectivity index (χ2n) is 6.00. The number of hydrogen-bond acceptors (Lipinski definition) is 0. The summed E-state index contributed by atoms with van der Waals surface area (Å²) in [6, 6.07) is 4.67. The fraction of sp³-hybridized carbons (Fsp3) is 0.647. The predicted octanol–water partition coefficient (Wildman–Crippen LogP) is 5.50. The maximum absolute atomic E-state index is 3.93. The number of rotatable bonds is 2. The van der Waals surface area contributed by atoms with Crippen LogP contribution in [0.5, 0.6) is 0 Å². The van der Waals surface area contributed by atoms with Gasteiger partial charge in [0.25, 0.3) is 0 Å². The fourth-order valence-electron chi connectivity index (χ4n) is 3.36. The fourth-order valence-corrected chi connectivity index (χ4v) is 4.14. The van der Waals surface area contributed by atoms with E-state index < -0.39 is 0 Å². The van der Waals surface area contributed by atoms with E-state index >= 15 is 0 Å². The highest BCUT2D eigenvalue weighted by atomic mass is 79.9. The van der Waals surface area contributed by atoms with Crippen molar-refractivity contribution >= 4 is 15.9 Å². The number of aryl methyl sites for hydroxylation is 3. The molecule has 0 nitrogen and oxygen atoms in total. The van der Waals surface area contributed by atoms with Crippen LogP contribution in [-0.2, 0) is 6.42 Å². The van der Waals surface area contributed by atoms with Gasteiger partial charge < -0.3 is 0 Å². The van der Waals surface area contributed by atoms with Gasteiger partial charge in [0.2, 0.25) is 0 Å². The molecule has 18 heavy (non-hydrogen) atoms. The third-order valence-corrected chi connectivity index (χ3v) is 5.58. The lowest BCUT2D eigenvalue weighted by molar-refractivity contribution is 0.474. The summed E-state index contributed by atoms with van der Waals surface area (Å²) in [6.07, 6.45) is 8.24. The lowest BCUT2D eigenvalue weighted by atomic mass is 9.87. The molecule has 1 aromatic rings. The molecule has 1 heteroatoms. The smallest absolute Gasteiger partial charge is 0.0177 e. The molecule has 0 amide bonds. The van der Waals surface area contributed by atoms with Crippen LogP contribution in [0.3, 0.4) is 0 Å². The molecule has 1 fully saturated rings. The Kier molecular flexibility index (Phi) is 4.89. The molecule has 1 saturated carbocycles. The van der Waals surface area contributed by atoms with Crippen molar-refractivity contribution in [1.82, 2.24) is 0 Å². The van der Waals surface area contributed by atoms with E-state index in [2.05, 4.69) is 48.8 Å². The van der Waals surface area contributed by atoms with E-state index in [0.29, 0.717) is 0 Å². The van der Waals surface area contributed by atoms with Crippen LogP contribution in [0.25, 0.3) is 0 Å². The molecular weight excluding hydrogens is 284 g/mol. The van der Waals surface area contributed by atoms with Crippen LogP contribution < -0.4 is 0 Å². The van der Waals surface area contributed by atoms with E-state index in [-0.39, 0.29) is 0 Å². The molecule has 1 aliphatic carbocycles. The minimum Gasteiger partial charge on any atom is -0.0888 e. The average Bonchev–Trinajstić information content (AvgIpc) is 2.49. The predicted molar refractivity (Wildman–Crippen MR) is 83.6 cm³/mol. The Morgan fingerprint density at radius 1 is 1.00 bits per heavy atom. The van der Waals surface area contributed by atoms with Gasteiger partial charge in [0.15, 0.2) is 0 Å². The molecule has 1 aromatic carbocycles. The Morgan fingerprint density at radius 2 is 1.61 bits per heavy atom. The topological polar surface area (TPSA) is 0 Å². The van der Waals surface area contributed by atoms with E-state index in [1.807, 2.05) is 0 Å². The molecule has 0 N–H and O–H groups in total. The normalized spacial score (nSPS) is 24.9. The molecule has 100 valence electrons. The summed E-state index contributed by atoms with van der Waals surface area (Å²) in [4.78, 5) is 0.722. The van der Waals surface area contributed by atoms with Crippen LogP contribution in [0.2, 0.25) is 0 Å². The van der Waals surface area contributed by atoms with Gasteiger partial charge in [0, 0.05) is 4.83 Å². The molecule has 0 heterocycles. The van der Waals surface area contributed by atoms with Gasteiger partial charge in [-0.1, -0.05) is 52.9 Å². The van der Waals surface area contributed by atoms with Gasteiger partial charge in [-0.15, -0.1) is 0 Å². The maximum Gasteiger partial charge on any atom is 0.0177 e. The van der Waals surface area contributed by atoms with Crippen LogP contribution in [0, 0.1) is 26.7 Å². The van der Waals surface area contributed by atoms with Gasteiger partial charge in [-0.25, -0.2) is 0 Å². The number of benzene rings is 1. The third-order valence-electron chi connectivity index (χ3n) is 4.37. The zero-order valence-electron chi connectivity index (χ0n) is 11.9. The quantitative estimate of drug-likeness (QED) is 0.500. The van der Waals surface area contributed by atoms with Crippen molar-refractivity contribution in [3.8, 4) is 0 Å². The first-order valence-electron chi connectivity index (χ1n) is 7.28. The van der Waals surface area contributed by atoms with Crippen LogP contribution >= 0.6 is 15.9 Å². The summed E-state index contributed by atoms with van der Waals surface area (Å²) in [5.74, 6) is 0.826. The van der Waals surface area contributed by atoms with Crippen molar-refractivity contribution in [1.29, 1.82) is 0 Å². The molecule has 0 bridgehead atoms. The Morgan fingerprint density at radius 3 is 2.28 bits per heavy atom. The molecule has 2 unspecified atom stereocenters. The highest BCUT2D eigenvalue weighted by Gasteiger charge is 2.22. The first-order chi connectivity index (χ1) is 8.58. The number of alkyl halides is 1. The molecule has 2 atom stereocenters. The first kappa shape index (κ1) is 14.1. The Balaban J connectivity index is 2.17. The van der Waals surface area contributed by atoms with Crippen LogP contribution in [-0.4, -0.2) is 4.83 Å². The van der Waals surface area contributed by atoms with Crippen molar-refractivity contribution in [2.24, 2.45) is 5.92 Å². The van der Waals surface area contributed by atoms with Crippen molar-refractivity contribution in [2.45, 2.75) is 64.1 Å². The maximum atomic E-state index is 3.93. The molecule has 0 spiro atoms. The van der Waals surface area contributed by atoms with Crippen molar-refractivity contribution < 1.29 is 0 Å². The minimum atomic E-state index is 0.722. The summed E-state index contributed by atoms with van der Waals surface area (Å²) in [5.41, 5.74) is 5.95. The van der Waals surface area contributed by atoms with Gasteiger partial charge in [-0.2, -0.15) is 0 Å². The summed E-state index contributed by atoms with van der Waals surface area (Å²) >= 11 is 3.93. The van der Waals surface area contributed by atoms with E-state index in [1.165, 1.54) is 55.2 Å². The van der Waals surface area contributed by atoms with Gasteiger partial charge in [-0.3, -0.25) is 0 Å². The van der Waals surface area contributed by atoms with Crippen LogP contribution in [0.4, 0.5) is 0 Å². The van der Waals surface area contributed by atoms with E-state index in [0.717, 1.165) is 10.7 Å². The lowest BCUT2D eigenvalue weighted by Crippen LogP contribution is -2.16. The van der Waals surface area contributed by atoms with Crippen molar-refractivity contribution in [3.05, 3.63) is 34.4 Å². The molecule has 0 saturated heterocycles. The largest absolute Gasteiger partial charge is 0.0888 e. The molecule has 0 radical (unpaired) electrons. The molecule has 0 aromatic heterocycles. The van der Waals surface area contributed by atoms with Crippen LogP contribution in [0.15, 0.2) is 12.1 Å². The highest BCUT2D eigenvalue weighted by molar-refractivity contribution is 9.09. The monoisotopic (exact) mass is 308 g/mol. The van der Waals surface area contributed by atoms with E-state index in [9.17, 15) is 0 Å². The summed E-state index contributed by atoms with van der Waals surface area (Å²) in [7, 11) is 0. The molecule has 1 aliphatic rings. The van der Waals surface area contributed by atoms with Crippen molar-refractivity contribution in [3.63, 3.8) is 0 Å². The molecule has 2 rings (SSSR count). The van der Waals surface area contributed by atoms with Gasteiger partial charge in [0.1, 0.15) is 0 Å². The minimum absolute atomic E-state index is 0.722. The van der Waals surface area contributed by atoms with Gasteiger partial charge in [0.05, 0.1) is 0 Å². The van der Waals surface area contributed by atoms with Gasteiger partial charge >= 0.3 is 0 Å². The molecular formula is C17H25Br. The Bertz CT molecular complexity index is 385. The summed E-state index contributed by atoms with van der Waals surface area (Å²) in [5, 5.41) is 0. The van der Waals surface area contributed by atoms with Crippen LogP contribution in [0.1, 0.15) is 54.4 Å².